The first-order chi connectivity index (χ1) is 19.0. The van der Waals surface area contributed by atoms with E-state index in [0.717, 1.165) is 11.6 Å². The molecule has 8 heteroatoms. The number of sulfonamides is 1. The summed E-state index contributed by atoms with van der Waals surface area (Å²) in [5.74, 6) is 2.20. The highest BCUT2D eigenvalue weighted by molar-refractivity contribution is 7.89. The molecule has 7 nitrogen and oxygen atoms in total. The van der Waals surface area contributed by atoms with Crippen LogP contribution in [0.1, 0.15) is 52.7 Å². The second kappa shape index (κ2) is 9.77. The molecule has 2 aliphatic carbocycles. The number of carbonyl (C=O) groups excluding carboxylic acids is 1. The lowest BCUT2D eigenvalue weighted by Crippen LogP contribution is -2.40. The average molecular weight is 544 g/mol. The Balaban J connectivity index is 1.12. The normalized spacial score (nSPS) is 27.8. The summed E-state index contributed by atoms with van der Waals surface area (Å²) in [6, 6.07) is 23.5. The lowest BCUT2D eigenvalue weighted by molar-refractivity contribution is 0.0730. The molecule has 3 aromatic rings. The third-order valence-electron chi connectivity index (χ3n) is 9.23. The zero-order valence-electron chi connectivity index (χ0n) is 21.8. The molecular weight excluding hydrogens is 510 g/mol. The lowest BCUT2D eigenvalue weighted by atomic mass is 9.68. The lowest BCUT2D eigenvalue weighted by Gasteiger charge is -2.43. The molecule has 2 N–H and O–H groups in total. The van der Waals surface area contributed by atoms with E-state index in [4.69, 9.17) is 4.74 Å². The molecule has 7 rings (SSSR count). The Kier molecular flexibility index (Phi) is 6.21. The highest BCUT2D eigenvalue weighted by Gasteiger charge is 2.53. The number of anilines is 2. The van der Waals surface area contributed by atoms with Gasteiger partial charge in [0.1, 0.15) is 0 Å². The third kappa shape index (κ3) is 4.35. The minimum Gasteiger partial charge on any atom is -0.379 e. The molecule has 0 radical (unpaired) electrons. The molecule has 0 spiro atoms. The van der Waals surface area contributed by atoms with E-state index in [-0.39, 0.29) is 10.8 Å². The van der Waals surface area contributed by atoms with Gasteiger partial charge in [0.05, 0.1) is 24.2 Å². The maximum absolute atomic E-state index is 13.3. The summed E-state index contributed by atoms with van der Waals surface area (Å²) in [5.41, 5.74) is 4.93. The second-order valence-corrected chi connectivity index (χ2v) is 13.2. The van der Waals surface area contributed by atoms with Crippen molar-refractivity contribution in [1.29, 1.82) is 0 Å². The van der Waals surface area contributed by atoms with Crippen LogP contribution in [-0.2, 0) is 14.8 Å². The molecule has 3 fully saturated rings. The molecule has 39 heavy (non-hydrogen) atoms. The van der Waals surface area contributed by atoms with Crippen molar-refractivity contribution in [3.8, 4) is 0 Å². The standard InChI is InChI=1S/C31H33N3O4S/c35-31(32-24-9-11-25(12-10-24)39(36,37)34-14-16-38-17-15-34)23-8-13-27-26(19-23)28-21-6-7-22(18-21)29(28)30(33-27)20-4-2-1-3-5-20/h1-5,8-13,19,21-22,28-30,33H,6-7,14-18H2,(H,32,35)/t21-,22-,28-,29-,30-/m0/s1. The van der Waals surface area contributed by atoms with Crippen LogP contribution in [0.5, 0.6) is 0 Å². The molecule has 1 amide bonds. The summed E-state index contributed by atoms with van der Waals surface area (Å²) >= 11 is 0. The fourth-order valence-electron chi connectivity index (χ4n) is 7.47. The van der Waals surface area contributed by atoms with E-state index in [9.17, 15) is 13.2 Å². The Labute approximate surface area is 229 Å². The monoisotopic (exact) mass is 543 g/mol. The Bertz CT molecular complexity index is 1490. The molecule has 2 heterocycles. The van der Waals surface area contributed by atoms with E-state index in [2.05, 4.69) is 53.1 Å². The highest BCUT2D eigenvalue weighted by atomic mass is 32.2. The summed E-state index contributed by atoms with van der Waals surface area (Å²) in [6.07, 6.45) is 3.84. The van der Waals surface area contributed by atoms with E-state index in [1.165, 1.54) is 34.7 Å². The van der Waals surface area contributed by atoms with E-state index < -0.39 is 10.0 Å². The zero-order chi connectivity index (χ0) is 26.6. The number of nitrogens with one attached hydrogen (secondary N) is 2. The number of ether oxygens (including phenoxy) is 1. The fourth-order valence-corrected chi connectivity index (χ4v) is 8.88. The number of fused-ring (bicyclic) bond motifs is 7. The Morgan fingerprint density at radius 2 is 1.67 bits per heavy atom. The summed E-state index contributed by atoms with van der Waals surface area (Å²) in [5, 5.41) is 6.80. The van der Waals surface area contributed by atoms with Gasteiger partial charge in [-0.3, -0.25) is 4.79 Å². The van der Waals surface area contributed by atoms with Crippen LogP contribution in [0.25, 0.3) is 0 Å². The molecule has 202 valence electrons. The SMILES string of the molecule is O=C(Nc1ccc(S(=O)(=O)N2CCOCC2)cc1)c1ccc2c(c1)[C@@H]1[C@H]3CC[C@@H](C3)[C@@H]1[C@H](c1ccccc1)N2. The number of hydrogen-bond donors (Lipinski definition) is 2. The number of morpholine rings is 1. The van der Waals surface area contributed by atoms with Gasteiger partial charge in [0.25, 0.3) is 5.91 Å². The van der Waals surface area contributed by atoms with E-state index >= 15 is 0 Å². The first-order valence-electron chi connectivity index (χ1n) is 13.9. The third-order valence-corrected chi connectivity index (χ3v) is 11.1. The van der Waals surface area contributed by atoms with Crippen molar-refractivity contribution in [3.63, 3.8) is 0 Å². The van der Waals surface area contributed by atoms with E-state index in [1.807, 2.05) is 6.07 Å². The molecule has 2 bridgehead atoms. The molecule has 4 aliphatic rings. The first kappa shape index (κ1) is 24.8. The maximum Gasteiger partial charge on any atom is 0.255 e. The van der Waals surface area contributed by atoms with Crippen LogP contribution in [0.3, 0.4) is 0 Å². The first-order valence-corrected chi connectivity index (χ1v) is 15.4. The Morgan fingerprint density at radius 1 is 0.923 bits per heavy atom. The number of amides is 1. The quantitative estimate of drug-likeness (QED) is 0.459. The van der Waals surface area contributed by atoms with Crippen molar-refractivity contribution in [2.24, 2.45) is 17.8 Å². The van der Waals surface area contributed by atoms with E-state index in [1.54, 1.807) is 24.3 Å². The minimum absolute atomic E-state index is 0.188. The van der Waals surface area contributed by atoms with Crippen LogP contribution in [0, 0.1) is 17.8 Å². The molecule has 0 aromatic heterocycles. The largest absolute Gasteiger partial charge is 0.379 e. The maximum atomic E-state index is 13.3. The number of benzene rings is 3. The van der Waals surface area contributed by atoms with Gasteiger partial charge in [0.2, 0.25) is 10.0 Å². The minimum atomic E-state index is -3.57. The predicted molar refractivity (Wildman–Crippen MR) is 150 cm³/mol. The smallest absolute Gasteiger partial charge is 0.255 e. The number of hydrogen-bond acceptors (Lipinski definition) is 5. The van der Waals surface area contributed by atoms with Gasteiger partial charge in [-0.25, -0.2) is 8.42 Å². The molecule has 1 saturated heterocycles. The van der Waals surface area contributed by atoms with Crippen molar-refractivity contribution < 1.29 is 17.9 Å². The van der Waals surface area contributed by atoms with Crippen LogP contribution >= 0.6 is 0 Å². The highest BCUT2D eigenvalue weighted by Crippen LogP contribution is 2.63. The molecule has 3 aromatic carbocycles. The second-order valence-electron chi connectivity index (χ2n) is 11.3. The molecule has 0 unspecified atom stereocenters. The predicted octanol–water partition coefficient (Wildman–Crippen LogP) is 5.26. The van der Waals surface area contributed by atoms with Gasteiger partial charge >= 0.3 is 0 Å². The van der Waals surface area contributed by atoms with Crippen LogP contribution in [0.4, 0.5) is 11.4 Å². The van der Waals surface area contributed by atoms with Gasteiger partial charge in [0.15, 0.2) is 0 Å². The number of rotatable bonds is 5. The molecule has 2 saturated carbocycles. The van der Waals surface area contributed by atoms with Gasteiger partial charge in [-0.1, -0.05) is 30.3 Å². The zero-order valence-corrected chi connectivity index (χ0v) is 22.6. The van der Waals surface area contributed by atoms with Crippen molar-refractivity contribution in [3.05, 3.63) is 89.5 Å². The summed E-state index contributed by atoms with van der Waals surface area (Å²) in [6.45, 7) is 1.51. The van der Waals surface area contributed by atoms with Crippen molar-refractivity contribution in [2.75, 3.05) is 36.9 Å². The van der Waals surface area contributed by atoms with Gasteiger partial charge in [-0.15, -0.1) is 0 Å². The summed E-state index contributed by atoms with van der Waals surface area (Å²) < 4.78 is 32.5. The van der Waals surface area contributed by atoms with Gasteiger partial charge in [-0.05, 0) is 96.5 Å². The van der Waals surface area contributed by atoms with Crippen molar-refractivity contribution in [2.45, 2.75) is 36.1 Å². The molecule has 5 atom stereocenters. The topological polar surface area (TPSA) is 87.7 Å². The number of carbonyl (C=O) groups is 1. The molecular formula is C31H33N3O4S. The number of nitrogens with zero attached hydrogens (tertiary/aromatic N) is 1. The van der Waals surface area contributed by atoms with Crippen molar-refractivity contribution in [1.82, 2.24) is 4.31 Å². The summed E-state index contributed by atoms with van der Waals surface area (Å²) in [7, 11) is -3.57. The Morgan fingerprint density at radius 3 is 2.44 bits per heavy atom. The van der Waals surface area contributed by atoms with Crippen LogP contribution in [0.2, 0.25) is 0 Å². The van der Waals surface area contributed by atoms with Gasteiger partial charge < -0.3 is 15.4 Å². The van der Waals surface area contributed by atoms with E-state index in [0.29, 0.717) is 61.3 Å². The van der Waals surface area contributed by atoms with Crippen LogP contribution in [-0.4, -0.2) is 44.9 Å². The Hall–Kier alpha value is -3.20. The van der Waals surface area contributed by atoms with Crippen LogP contribution in [0.15, 0.2) is 77.7 Å². The van der Waals surface area contributed by atoms with Gasteiger partial charge in [-0.2, -0.15) is 4.31 Å². The van der Waals surface area contributed by atoms with Crippen molar-refractivity contribution >= 4 is 27.3 Å². The summed E-state index contributed by atoms with van der Waals surface area (Å²) in [4.78, 5) is 13.5. The molecule has 2 aliphatic heterocycles. The fraction of sp³-hybridized carbons (Fsp3) is 0.387. The van der Waals surface area contributed by atoms with Gasteiger partial charge in [0, 0.05) is 30.0 Å². The van der Waals surface area contributed by atoms with Crippen LogP contribution < -0.4 is 10.6 Å². The average Bonchev–Trinajstić information content (AvgIpc) is 3.61.